The van der Waals surface area contributed by atoms with Gasteiger partial charge in [-0.1, -0.05) is 17.7 Å². The Kier molecular flexibility index (Phi) is 6.14. The normalized spacial score (nSPS) is 19.5. The van der Waals surface area contributed by atoms with Crippen molar-refractivity contribution in [2.75, 3.05) is 39.8 Å². The molecule has 1 heterocycles. The van der Waals surface area contributed by atoms with E-state index >= 15 is 0 Å². The summed E-state index contributed by atoms with van der Waals surface area (Å²) in [5, 5.41) is 9.20. The van der Waals surface area contributed by atoms with E-state index < -0.39 is 5.97 Å². The number of halogens is 2. The molecule has 122 valence electrons. The van der Waals surface area contributed by atoms with Crippen molar-refractivity contribution in [3.8, 4) is 0 Å². The number of carboxylic acid groups (broad SMARTS) is 1. The fraction of sp³-hybridized carbons (Fsp3) is 0.533. The summed E-state index contributed by atoms with van der Waals surface area (Å²) < 4.78 is 18.7. The molecule has 0 bridgehead atoms. The second-order valence-corrected chi connectivity index (χ2v) is 5.96. The van der Waals surface area contributed by atoms with Gasteiger partial charge in [0, 0.05) is 31.2 Å². The van der Waals surface area contributed by atoms with Crippen LogP contribution in [-0.4, -0.2) is 66.8 Å². The van der Waals surface area contributed by atoms with Gasteiger partial charge in [0.05, 0.1) is 19.3 Å². The Morgan fingerprint density at radius 3 is 3.05 bits per heavy atom. The quantitative estimate of drug-likeness (QED) is 0.860. The number of aliphatic carboxylic acids is 1. The van der Waals surface area contributed by atoms with Crippen molar-refractivity contribution in [2.24, 2.45) is 0 Å². The van der Waals surface area contributed by atoms with E-state index in [-0.39, 0.29) is 18.5 Å². The Labute approximate surface area is 134 Å². The summed E-state index contributed by atoms with van der Waals surface area (Å²) in [4.78, 5) is 14.6. The number of ether oxygens (including phenoxy) is 1. The first-order valence-corrected chi connectivity index (χ1v) is 7.50. The van der Waals surface area contributed by atoms with Crippen molar-refractivity contribution in [3.05, 3.63) is 34.6 Å². The molecule has 2 rings (SSSR count). The zero-order valence-corrected chi connectivity index (χ0v) is 13.2. The van der Waals surface area contributed by atoms with Crippen molar-refractivity contribution >= 4 is 17.6 Å². The molecule has 1 N–H and O–H groups in total. The van der Waals surface area contributed by atoms with Crippen molar-refractivity contribution in [1.29, 1.82) is 0 Å². The van der Waals surface area contributed by atoms with Gasteiger partial charge < -0.3 is 9.84 Å². The lowest BCUT2D eigenvalue weighted by molar-refractivity contribution is -0.138. The van der Waals surface area contributed by atoms with Gasteiger partial charge in [-0.25, -0.2) is 4.39 Å². The lowest BCUT2D eigenvalue weighted by Gasteiger charge is -2.34. The number of benzene rings is 1. The standard InChI is InChI=1S/C15H20ClFN2O3/c1-18(10-15(20)21)8-13-9-19(4-5-22-13)7-11-2-3-12(17)6-14(11)16/h2-3,6,13H,4-5,7-10H2,1H3,(H,20,21). The van der Waals surface area contributed by atoms with Crippen molar-refractivity contribution in [3.63, 3.8) is 0 Å². The Hall–Kier alpha value is -1.21. The Balaban J connectivity index is 1.89. The number of hydrogen-bond acceptors (Lipinski definition) is 4. The molecule has 1 aromatic rings. The lowest BCUT2D eigenvalue weighted by Crippen LogP contribution is -2.47. The number of carboxylic acids is 1. The van der Waals surface area contributed by atoms with E-state index in [1.54, 1.807) is 18.0 Å². The first-order valence-electron chi connectivity index (χ1n) is 7.12. The second kappa shape index (κ2) is 7.87. The molecule has 1 atom stereocenters. The average molecular weight is 331 g/mol. The summed E-state index contributed by atoms with van der Waals surface area (Å²) in [5.74, 6) is -1.20. The van der Waals surface area contributed by atoms with Crippen LogP contribution in [0.4, 0.5) is 4.39 Å². The molecule has 1 saturated heterocycles. The third-order valence-corrected chi connectivity index (χ3v) is 3.90. The molecule has 0 spiro atoms. The maximum atomic E-state index is 13.1. The molecule has 1 aliphatic rings. The van der Waals surface area contributed by atoms with Crippen LogP contribution in [0.1, 0.15) is 5.56 Å². The maximum Gasteiger partial charge on any atom is 0.317 e. The minimum atomic E-state index is -0.853. The predicted octanol–water partition coefficient (Wildman–Crippen LogP) is 1.70. The zero-order chi connectivity index (χ0) is 16.1. The maximum absolute atomic E-state index is 13.1. The number of morpholine rings is 1. The Bertz CT molecular complexity index is 530. The molecule has 0 aliphatic carbocycles. The second-order valence-electron chi connectivity index (χ2n) is 5.55. The van der Waals surface area contributed by atoms with Gasteiger partial charge in [0.1, 0.15) is 5.82 Å². The molecule has 5 nitrogen and oxygen atoms in total. The van der Waals surface area contributed by atoms with Crippen molar-refractivity contribution < 1.29 is 19.0 Å². The summed E-state index contributed by atoms with van der Waals surface area (Å²) >= 11 is 6.06. The van der Waals surface area contributed by atoms with Crippen LogP contribution in [0.3, 0.4) is 0 Å². The van der Waals surface area contributed by atoms with Gasteiger partial charge in [-0.2, -0.15) is 0 Å². The van der Waals surface area contributed by atoms with E-state index in [0.29, 0.717) is 31.3 Å². The topological polar surface area (TPSA) is 53.0 Å². The molecule has 0 aromatic heterocycles. The molecule has 0 radical (unpaired) electrons. The zero-order valence-electron chi connectivity index (χ0n) is 12.5. The molecule has 1 fully saturated rings. The predicted molar refractivity (Wildman–Crippen MR) is 81.6 cm³/mol. The Morgan fingerprint density at radius 1 is 1.59 bits per heavy atom. The van der Waals surface area contributed by atoms with Crippen LogP contribution < -0.4 is 0 Å². The highest BCUT2D eigenvalue weighted by atomic mass is 35.5. The van der Waals surface area contributed by atoms with Crippen molar-refractivity contribution in [1.82, 2.24) is 9.80 Å². The smallest absolute Gasteiger partial charge is 0.317 e. The first kappa shape index (κ1) is 17.1. The van der Waals surface area contributed by atoms with Crippen LogP contribution in [-0.2, 0) is 16.1 Å². The van der Waals surface area contributed by atoms with E-state index in [1.807, 2.05) is 0 Å². The highest BCUT2D eigenvalue weighted by molar-refractivity contribution is 6.31. The SMILES string of the molecule is CN(CC(=O)O)CC1CN(Cc2ccc(F)cc2Cl)CCO1. The molecule has 1 aromatic carbocycles. The molecule has 0 amide bonds. The van der Waals surface area contributed by atoms with Gasteiger partial charge in [-0.05, 0) is 24.7 Å². The number of carbonyl (C=O) groups is 1. The molecule has 0 saturated carbocycles. The lowest BCUT2D eigenvalue weighted by atomic mass is 10.1. The van der Waals surface area contributed by atoms with Crippen LogP contribution in [0.15, 0.2) is 18.2 Å². The molecule has 22 heavy (non-hydrogen) atoms. The Morgan fingerprint density at radius 2 is 2.36 bits per heavy atom. The number of rotatable bonds is 6. The van der Waals surface area contributed by atoms with E-state index in [1.165, 1.54) is 12.1 Å². The third-order valence-electron chi connectivity index (χ3n) is 3.55. The van der Waals surface area contributed by atoms with Gasteiger partial charge in [-0.15, -0.1) is 0 Å². The number of hydrogen-bond donors (Lipinski definition) is 1. The molecule has 7 heteroatoms. The number of likely N-dealkylation sites (N-methyl/N-ethyl adjacent to an activating group) is 1. The van der Waals surface area contributed by atoms with Crippen LogP contribution in [0.5, 0.6) is 0 Å². The summed E-state index contributed by atoms with van der Waals surface area (Å²) in [6.07, 6.45) is -0.0441. The van der Waals surface area contributed by atoms with Gasteiger partial charge >= 0.3 is 5.97 Å². The first-order chi connectivity index (χ1) is 10.4. The summed E-state index contributed by atoms with van der Waals surface area (Å²) in [6, 6.07) is 4.41. The van der Waals surface area contributed by atoms with E-state index in [9.17, 15) is 9.18 Å². The van der Waals surface area contributed by atoms with Gasteiger partial charge in [-0.3, -0.25) is 14.6 Å². The fourth-order valence-corrected chi connectivity index (χ4v) is 2.80. The molecular formula is C15H20ClFN2O3. The molecular weight excluding hydrogens is 311 g/mol. The third kappa shape index (κ3) is 5.21. The summed E-state index contributed by atoms with van der Waals surface area (Å²) in [5.41, 5.74) is 0.877. The average Bonchev–Trinajstić information content (AvgIpc) is 2.41. The largest absolute Gasteiger partial charge is 0.480 e. The minimum Gasteiger partial charge on any atom is -0.480 e. The highest BCUT2D eigenvalue weighted by Gasteiger charge is 2.23. The van der Waals surface area contributed by atoms with Crippen LogP contribution >= 0.6 is 11.6 Å². The molecule has 1 unspecified atom stereocenters. The summed E-state index contributed by atoms with van der Waals surface area (Å²) in [6.45, 7) is 3.22. The van der Waals surface area contributed by atoms with Crippen LogP contribution in [0, 0.1) is 5.82 Å². The highest BCUT2D eigenvalue weighted by Crippen LogP contribution is 2.20. The van der Waals surface area contributed by atoms with E-state index in [0.717, 1.165) is 12.1 Å². The van der Waals surface area contributed by atoms with Gasteiger partial charge in [0.2, 0.25) is 0 Å². The van der Waals surface area contributed by atoms with Crippen molar-refractivity contribution in [2.45, 2.75) is 12.6 Å². The van der Waals surface area contributed by atoms with Crippen LogP contribution in [0.2, 0.25) is 5.02 Å². The van der Waals surface area contributed by atoms with Crippen LogP contribution in [0.25, 0.3) is 0 Å². The monoisotopic (exact) mass is 330 g/mol. The number of nitrogens with zero attached hydrogens (tertiary/aromatic N) is 2. The van der Waals surface area contributed by atoms with E-state index in [4.69, 9.17) is 21.4 Å². The fourth-order valence-electron chi connectivity index (χ4n) is 2.57. The minimum absolute atomic E-state index is 0.0103. The molecule has 1 aliphatic heterocycles. The van der Waals surface area contributed by atoms with E-state index in [2.05, 4.69) is 4.90 Å². The summed E-state index contributed by atoms with van der Waals surface area (Å²) in [7, 11) is 1.76. The van der Waals surface area contributed by atoms with Gasteiger partial charge in [0.25, 0.3) is 0 Å². The van der Waals surface area contributed by atoms with Gasteiger partial charge in [0.15, 0.2) is 0 Å².